The lowest BCUT2D eigenvalue weighted by atomic mass is 10.1. The lowest BCUT2D eigenvalue weighted by Gasteiger charge is -2.14. The molecule has 0 aliphatic carbocycles. The predicted molar refractivity (Wildman–Crippen MR) is 76.2 cm³/mol. The molecule has 1 heterocycles. The molecule has 0 saturated carbocycles. The molecule has 0 radical (unpaired) electrons. The van der Waals surface area contributed by atoms with Crippen LogP contribution in [0, 0.1) is 37.1 Å². The topological polar surface area (TPSA) is 46.9 Å². The third kappa shape index (κ3) is 3.81. The number of aryl methyl sites for hydroxylation is 3. The van der Waals surface area contributed by atoms with E-state index in [1.165, 1.54) is 4.68 Å². The minimum absolute atomic E-state index is 0.0135. The summed E-state index contributed by atoms with van der Waals surface area (Å²) < 4.78 is 93.3. The number of halogens is 7. The van der Waals surface area contributed by atoms with Crippen LogP contribution in [0.3, 0.4) is 0 Å². The minimum atomic E-state index is -5.64. The summed E-state index contributed by atoms with van der Waals surface area (Å²) in [5.74, 6) is -11.0. The van der Waals surface area contributed by atoms with E-state index < -0.39 is 46.6 Å². The highest BCUT2D eigenvalue weighted by Gasteiger charge is 2.42. The SMILES string of the molecule is Cc1cc(C)n(CCC(=O)Nc2c(F)c(F)c(C(F)(F)F)c(F)c2F)n1. The van der Waals surface area contributed by atoms with Crippen molar-refractivity contribution in [2.24, 2.45) is 0 Å². The second-order valence-electron chi connectivity index (χ2n) is 5.45. The van der Waals surface area contributed by atoms with E-state index in [1.807, 2.05) is 0 Å². The fraction of sp³-hybridized carbons (Fsp3) is 0.333. The van der Waals surface area contributed by atoms with Crippen molar-refractivity contribution < 1.29 is 35.5 Å². The molecule has 1 aromatic heterocycles. The van der Waals surface area contributed by atoms with Crippen molar-refractivity contribution in [2.75, 3.05) is 5.32 Å². The molecule has 0 aliphatic heterocycles. The van der Waals surface area contributed by atoms with Gasteiger partial charge in [-0.15, -0.1) is 0 Å². The average Bonchev–Trinajstić information content (AvgIpc) is 2.84. The van der Waals surface area contributed by atoms with Gasteiger partial charge in [-0.2, -0.15) is 18.3 Å². The Bertz CT molecular complexity index is 829. The number of hydrogen-bond donors (Lipinski definition) is 1. The Morgan fingerprint density at radius 2 is 1.62 bits per heavy atom. The number of anilines is 1. The zero-order valence-corrected chi connectivity index (χ0v) is 13.4. The predicted octanol–water partition coefficient (Wildman–Crippen LogP) is 4.10. The number of nitrogens with one attached hydrogen (secondary N) is 1. The number of carbonyl (C=O) groups is 1. The molecule has 0 spiro atoms. The summed E-state index contributed by atoms with van der Waals surface area (Å²) in [6, 6.07) is 1.71. The molecule has 0 fully saturated rings. The summed E-state index contributed by atoms with van der Waals surface area (Å²) in [7, 11) is 0. The zero-order valence-electron chi connectivity index (χ0n) is 13.4. The first-order valence-electron chi connectivity index (χ1n) is 7.17. The largest absolute Gasteiger partial charge is 0.422 e. The van der Waals surface area contributed by atoms with E-state index in [9.17, 15) is 35.5 Å². The van der Waals surface area contributed by atoms with Gasteiger partial charge in [-0.3, -0.25) is 9.48 Å². The van der Waals surface area contributed by atoms with Crippen LogP contribution in [0.25, 0.3) is 0 Å². The number of benzene rings is 1. The van der Waals surface area contributed by atoms with Crippen LogP contribution in [0.5, 0.6) is 0 Å². The van der Waals surface area contributed by atoms with Gasteiger partial charge in [-0.05, 0) is 19.9 Å². The Morgan fingerprint density at radius 1 is 1.08 bits per heavy atom. The van der Waals surface area contributed by atoms with Crippen molar-refractivity contribution in [2.45, 2.75) is 33.0 Å². The lowest BCUT2D eigenvalue weighted by Crippen LogP contribution is -2.21. The maximum atomic E-state index is 13.7. The van der Waals surface area contributed by atoms with Gasteiger partial charge in [0.15, 0.2) is 23.3 Å². The molecule has 11 heteroatoms. The van der Waals surface area contributed by atoms with E-state index in [-0.39, 0.29) is 13.0 Å². The quantitative estimate of drug-likeness (QED) is 0.638. The normalized spacial score (nSPS) is 11.7. The number of nitrogens with zero attached hydrogens (tertiary/aromatic N) is 2. The molecule has 1 aromatic carbocycles. The van der Waals surface area contributed by atoms with Crippen molar-refractivity contribution in [1.82, 2.24) is 9.78 Å². The van der Waals surface area contributed by atoms with E-state index in [4.69, 9.17) is 0 Å². The standard InChI is InChI=1S/C15H12F7N3O/c1-6-5-7(2)25(24-6)4-3-8(26)23-14-12(18)10(16)9(15(20,21)22)11(17)13(14)19/h5H,3-4H2,1-2H3,(H,23,26). The third-order valence-corrected chi connectivity index (χ3v) is 3.47. The highest BCUT2D eigenvalue weighted by atomic mass is 19.4. The molecule has 0 unspecified atom stereocenters. The molecule has 26 heavy (non-hydrogen) atoms. The Hall–Kier alpha value is -2.59. The lowest BCUT2D eigenvalue weighted by molar-refractivity contribution is -0.143. The van der Waals surface area contributed by atoms with Crippen LogP contribution in [0.2, 0.25) is 0 Å². The van der Waals surface area contributed by atoms with Gasteiger partial charge >= 0.3 is 6.18 Å². The molecule has 2 aromatic rings. The van der Waals surface area contributed by atoms with Gasteiger partial charge in [0.2, 0.25) is 5.91 Å². The summed E-state index contributed by atoms with van der Waals surface area (Å²) in [4.78, 5) is 11.8. The Balaban J connectivity index is 2.24. The van der Waals surface area contributed by atoms with Crippen molar-refractivity contribution in [3.05, 3.63) is 46.3 Å². The number of aromatic nitrogens is 2. The first-order valence-corrected chi connectivity index (χ1v) is 7.17. The number of alkyl halides is 3. The zero-order chi connectivity index (χ0) is 19.8. The third-order valence-electron chi connectivity index (χ3n) is 3.47. The number of hydrogen-bond acceptors (Lipinski definition) is 2. The van der Waals surface area contributed by atoms with E-state index >= 15 is 0 Å². The fourth-order valence-corrected chi connectivity index (χ4v) is 2.30. The summed E-state index contributed by atoms with van der Waals surface area (Å²) >= 11 is 0. The van der Waals surface area contributed by atoms with E-state index in [0.29, 0.717) is 11.4 Å². The first-order chi connectivity index (χ1) is 11.9. The van der Waals surface area contributed by atoms with E-state index in [2.05, 4.69) is 5.10 Å². The Morgan fingerprint density at radius 3 is 2.04 bits per heavy atom. The van der Waals surface area contributed by atoms with Crippen molar-refractivity contribution >= 4 is 11.6 Å². The molecule has 142 valence electrons. The summed E-state index contributed by atoms with van der Waals surface area (Å²) in [6.45, 7) is 3.38. The van der Waals surface area contributed by atoms with Crippen LogP contribution in [-0.4, -0.2) is 15.7 Å². The smallest absolute Gasteiger partial charge is 0.321 e. The molecule has 4 nitrogen and oxygen atoms in total. The highest BCUT2D eigenvalue weighted by molar-refractivity contribution is 5.91. The highest BCUT2D eigenvalue weighted by Crippen LogP contribution is 2.38. The molecule has 0 saturated heterocycles. The molecule has 1 amide bonds. The van der Waals surface area contributed by atoms with Gasteiger partial charge < -0.3 is 5.32 Å². The molecule has 2 rings (SSSR count). The minimum Gasteiger partial charge on any atom is -0.321 e. The van der Waals surface area contributed by atoms with Gasteiger partial charge in [0, 0.05) is 18.7 Å². The van der Waals surface area contributed by atoms with Crippen molar-refractivity contribution in [3.63, 3.8) is 0 Å². The van der Waals surface area contributed by atoms with Gasteiger partial charge in [0.25, 0.3) is 0 Å². The number of rotatable bonds is 4. The van der Waals surface area contributed by atoms with Crippen LogP contribution in [0.15, 0.2) is 6.07 Å². The summed E-state index contributed by atoms with van der Waals surface area (Å²) in [5, 5.41) is 5.59. The molecule has 0 bridgehead atoms. The maximum absolute atomic E-state index is 13.7. The second kappa shape index (κ2) is 6.96. The molecule has 1 N–H and O–H groups in total. The van der Waals surface area contributed by atoms with Gasteiger partial charge in [-0.25, -0.2) is 17.6 Å². The summed E-state index contributed by atoms with van der Waals surface area (Å²) in [6.07, 6.45) is -6.03. The number of amides is 1. The van der Waals surface area contributed by atoms with Crippen LogP contribution in [0.1, 0.15) is 23.4 Å². The van der Waals surface area contributed by atoms with Gasteiger partial charge in [0.1, 0.15) is 11.3 Å². The number of carbonyl (C=O) groups excluding carboxylic acids is 1. The van der Waals surface area contributed by atoms with Crippen molar-refractivity contribution in [3.8, 4) is 0 Å². The monoisotopic (exact) mass is 383 g/mol. The van der Waals surface area contributed by atoms with Crippen molar-refractivity contribution in [1.29, 1.82) is 0 Å². The van der Waals surface area contributed by atoms with Gasteiger partial charge in [-0.1, -0.05) is 0 Å². The fourth-order valence-electron chi connectivity index (χ4n) is 2.30. The Labute approximate surface area is 142 Å². The van der Waals surface area contributed by atoms with Crippen LogP contribution in [-0.2, 0) is 17.5 Å². The van der Waals surface area contributed by atoms with E-state index in [1.54, 1.807) is 25.2 Å². The second-order valence-corrected chi connectivity index (χ2v) is 5.45. The first kappa shape index (κ1) is 19.7. The van der Waals surface area contributed by atoms with E-state index in [0.717, 1.165) is 0 Å². The van der Waals surface area contributed by atoms with Crippen LogP contribution in [0.4, 0.5) is 36.4 Å². The maximum Gasteiger partial charge on any atom is 0.422 e. The Kier molecular flexibility index (Phi) is 5.28. The van der Waals surface area contributed by atoms with Crippen LogP contribution >= 0.6 is 0 Å². The van der Waals surface area contributed by atoms with Crippen LogP contribution < -0.4 is 5.32 Å². The molecular weight excluding hydrogens is 371 g/mol. The summed E-state index contributed by atoms with van der Waals surface area (Å²) in [5.41, 5.74) is -2.97. The molecule has 0 aliphatic rings. The molecular formula is C15H12F7N3O. The average molecular weight is 383 g/mol. The van der Waals surface area contributed by atoms with Gasteiger partial charge in [0.05, 0.1) is 5.69 Å². The molecule has 0 atom stereocenters.